The fourth-order valence-electron chi connectivity index (χ4n) is 4.16. The Bertz CT molecular complexity index is 1530. The predicted octanol–water partition coefficient (Wildman–Crippen LogP) is 2.00. The molecule has 34 heavy (non-hydrogen) atoms. The van der Waals surface area contributed by atoms with E-state index in [0.717, 1.165) is 5.56 Å². The summed E-state index contributed by atoms with van der Waals surface area (Å²) < 4.78 is 29.0. The van der Waals surface area contributed by atoms with Crippen LogP contribution in [-0.4, -0.2) is 50.8 Å². The maximum absolute atomic E-state index is 13.0. The first kappa shape index (κ1) is 21.9. The van der Waals surface area contributed by atoms with Crippen LogP contribution in [0.4, 0.5) is 0 Å². The van der Waals surface area contributed by atoms with Crippen LogP contribution in [-0.2, 0) is 16.6 Å². The third-order valence-corrected chi connectivity index (χ3v) is 7.94. The Hall–Kier alpha value is -3.88. The summed E-state index contributed by atoms with van der Waals surface area (Å²) in [6.45, 7) is 1.04. The molecule has 0 unspecified atom stereocenters. The Kier molecular flexibility index (Phi) is 5.69. The highest BCUT2D eigenvalue weighted by atomic mass is 32.2. The van der Waals surface area contributed by atoms with Gasteiger partial charge in [-0.15, -0.1) is 5.10 Å². The number of hydrogen-bond donors (Lipinski definition) is 1. The molecule has 1 saturated heterocycles. The van der Waals surface area contributed by atoms with Crippen molar-refractivity contribution in [1.29, 1.82) is 5.26 Å². The first-order valence-electron chi connectivity index (χ1n) is 10.8. The molecule has 5 rings (SSSR count). The summed E-state index contributed by atoms with van der Waals surface area (Å²) >= 11 is 0. The van der Waals surface area contributed by atoms with Crippen molar-refractivity contribution in [3.8, 4) is 6.07 Å². The van der Waals surface area contributed by atoms with Crippen LogP contribution in [0.1, 0.15) is 35.7 Å². The molecule has 1 aliphatic heterocycles. The molecule has 0 bridgehead atoms. The summed E-state index contributed by atoms with van der Waals surface area (Å²) in [7, 11) is -3.66. The number of fused-ring (bicyclic) bond motifs is 1. The molecule has 0 radical (unpaired) electrons. The molecule has 1 fully saturated rings. The monoisotopic (exact) mass is 475 g/mol. The number of nitrogens with zero attached hydrogens (tertiary/aromatic N) is 6. The van der Waals surface area contributed by atoms with Crippen molar-refractivity contribution in [1.82, 2.24) is 29.3 Å². The van der Waals surface area contributed by atoms with Gasteiger partial charge in [0.05, 0.1) is 23.1 Å². The van der Waals surface area contributed by atoms with Gasteiger partial charge in [0.1, 0.15) is 5.82 Å². The van der Waals surface area contributed by atoms with Crippen molar-refractivity contribution in [3.05, 3.63) is 81.9 Å². The van der Waals surface area contributed by atoms with E-state index in [9.17, 15) is 13.2 Å². The quantitative estimate of drug-likeness (QED) is 0.466. The van der Waals surface area contributed by atoms with E-state index >= 15 is 0 Å². The molecule has 0 spiro atoms. The van der Waals surface area contributed by atoms with E-state index in [2.05, 4.69) is 20.3 Å². The zero-order valence-corrected chi connectivity index (χ0v) is 18.9. The van der Waals surface area contributed by atoms with Gasteiger partial charge < -0.3 is 4.98 Å². The van der Waals surface area contributed by atoms with Gasteiger partial charge in [-0.05, 0) is 42.7 Å². The lowest BCUT2D eigenvalue weighted by atomic mass is 9.97. The van der Waals surface area contributed by atoms with Crippen molar-refractivity contribution in [2.24, 2.45) is 0 Å². The average Bonchev–Trinajstić information content (AvgIpc) is 3.28. The third kappa shape index (κ3) is 4.09. The molecule has 0 aliphatic carbocycles. The van der Waals surface area contributed by atoms with Crippen LogP contribution in [0.3, 0.4) is 0 Å². The fraction of sp³-hybridized carbons (Fsp3) is 0.261. The van der Waals surface area contributed by atoms with E-state index in [1.807, 2.05) is 36.4 Å². The fourth-order valence-corrected chi connectivity index (χ4v) is 5.63. The van der Waals surface area contributed by atoms with Gasteiger partial charge in [-0.25, -0.2) is 18.1 Å². The van der Waals surface area contributed by atoms with Crippen LogP contribution in [0.25, 0.3) is 11.2 Å². The number of piperidine rings is 1. The van der Waals surface area contributed by atoms with Crippen LogP contribution < -0.4 is 5.56 Å². The van der Waals surface area contributed by atoms with Crippen LogP contribution >= 0.6 is 0 Å². The number of aromatic nitrogens is 5. The predicted molar refractivity (Wildman–Crippen MR) is 123 cm³/mol. The molecule has 2 aromatic carbocycles. The van der Waals surface area contributed by atoms with Gasteiger partial charge in [-0.3, -0.25) is 4.79 Å². The van der Waals surface area contributed by atoms with Crippen molar-refractivity contribution in [3.63, 3.8) is 0 Å². The van der Waals surface area contributed by atoms with Gasteiger partial charge in [-0.1, -0.05) is 35.5 Å². The second-order valence-corrected chi connectivity index (χ2v) is 10.1. The lowest BCUT2D eigenvalue weighted by molar-refractivity contribution is 0.313. The molecule has 11 heteroatoms. The smallest absolute Gasteiger partial charge is 0.281 e. The molecule has 10 nitrogen and oxygen atoms in total. The standard InChI is InChI=1S/C23H21N7O3S/c24-14-16-6-8-19(9-7-16)34(32,33)29-12-10-18(11-13-29)21-25-22-20(23(31)26-21)27-28-30(22)15-17-4-2-1-3-5-17/h1-9,18H,10-13,15H2,(H,25,26,31). The SMILES string of the molecule is N#Cc1ccc(S(=O)(=O)N2CCC(c3nc4c(nnn4Cc4ccccc4)c(=O)[nH]3)CC2)cc1. The van der Waals surface area contributed by atoms with Crippen LogP contribution in [0.15, 0.2) is 64.3 Å². The first-order valence-corrected chi connectivity index (χ1v) is 12.3. The van der Waals surface area contributed by atoms with Gasteiger partial charge in [0.2, 0.25) is 10.0 Å². The van der Waals surface area contributed by atoms with Crippen molar-refractivity contribution in [2.75, 3.05) is 13.1 Å². The number of nitriles is 1. The minimum absolute atomic E-state index is 0.0930. The van der Waals surface area contributed by atoms with Crippen molar-refractivity contribution >= 4 is 21.2 Å². The summed E-state index contributed by atoms with van der Waals surface area (Å²) in [5.74, 6) is 0.425. The number of hydrogen-bond acceptors (Lipinski definition) is 7. The number of sulfonamides is 1. The zero-order valence-electron chi connectivity index (χ0n) is 18.1. The Morgan fingerprint density at radius 2 is 1.76 bits per heavy atom. The molecule has 1 N–H and O–H groups in total. The average molecular weight is 476 g/mol. The normalized spacial score (nSPS) is 15.4. The number of rotatable bonds is 5. The molecular weight excluding hydrogens is 454 g/mol. The van der Waals surface area contributed by atoms with Gasteiger partial charge in [0.25, 0.3) is 5.56 Å². The highest BCUT2D eigenvalue weighted by Crippen LogP contribution is 2.29. The summed E-state index contributed by atoms with van der Waals surface area (Å²) in [6, 6.07) is 17.6. The molecular formula is C23H21N7O3S. The van der Waals surface area contributed by atoms with Gasteiger partial charge in [0, 0.05) is 19.0 Å². The molecule has 0 atom stereocenters. The van der Waals surface area contributed by atoms with Gasteiger partial charge >= 0.3 is 0 Å². The van der Waals surface area contributed by atoms with Crippen LogP contribution in [0.2, 0.25) is 0 Å². The zero-order chi connectivity index (χ0) is 23.7. The maximum Gasteiger partial charge on any atom is 0.281 e. The largest absolute Gasteiger partial charge is 0.308 e. The molecule has 2 aromatic heterocycles. The number of benzene rings is 2. The summed E-state index contributed by atoms with van der Waals surface area (Å²) in [5.41, 5.74) is 1.66. The second kappa shape index (κ2) is 8.81. The summed E-state index contributed by atoms with van der Waals surface area (Å²) in [5, 5.41) is 17.0. The second-order valence-electron chi connectivity index (χ2n) is 8.17. The summed E-state index contributed by atoms with van der Waals surface area (Å²) in [4.78, 5) is 20.3. The number of nitrogens with one attached hydrogen (secondary N) is 1. The lowest BCUT2D eigenvalue weighted by Crippen LogP contribution is -2.38. The molecule has 3 heterocycles. The Labute approximate surface area is 195 Å². The van der Waals surface area contributed by atoms with Gasteiger partial charge in [0.15, 0.2) is 11.2 Å². The topological polar surface area (TPSA) is 138 Å². The number of aromatic amines is 1. The molecule has 0 amide bonds. The summed E-state index contributed by atoms with van der Waals surface area (Å²) in [6.07, 6.45) is 1.04. The first-order chi connectivity index (χ1) is 16.5. The van der Waals surface area contributed by atoms with E-state index in [0.29, 0.717) is 49.5 Å². The van der Waals surface area contributed by atoms with Crippen molar-refractivity contribution < 1.29 is 8.42 Å². The number of H-pyrrole nitrogens is 1. The van der Waals surface area contributed by atoms with E-state index in [4.69, 9.17) is 5.26 Å². The molecule has 172 valence electrons. The van der Waals surface area contributed by atoms with E-state index < -0.39 is 10.0 Å². The van der Waals surface area contributed by atoms with E-state index in [1.54, 1.807) is 4.68 Å². The molecule has 0 saturated carbocycles. The minimum atomic E-state index is -3.66. The Morgan fingerprint density at radius 1 is 1.06 bits per heavy atom. The van der Waals surface area contributed by atoms with Crippen LogP contribution in [0.5, 0.6) is 0 Å². The highest BCUT2D eigenvalue weighted by molar-refractivity contribution is 7.89. The third-order valence-electron chi connectivity index (χ3n) is 6.03. The maximum atomic E-state index is 13.0. The van der Waals surface area contributed by atoms with Gasteiger partial charge in [-0.2, -0.15) is 9.57 Å². The molecule has 4 aromatic rings. The highest BCUT2D eigenvalue weighted by Gasteiger charge is 2.31. The van der Waals surface area contributed by atoms with E-state index in [-0.39, 0.29) is 21.9 Å². The lowest BCUT2D eigenvalue weighted by Gasteiger charge is -2.30. The van der Waals surface area contributed by atoms with Crippen LogP contribution in [0, 0.1) is 11.3 Å². The van der Waals surface area contributed by atoms with E-state index in [1.165, 1.54) is 28.6 Å². The van der Waals surface area contributed by atoms with Crippen molar-refractivity contribution in [2.45, 2.75) is 30.2 Å². The molecule has 1 aliphatic rings. The Balaban J connectivity index is 1.36. The minimum Gasteiger partial charge on any atom is -0.308 e. The Morgan fingerprint density at radius 3 is 2.44 bits per heavy atom.